The lowest BCUT2D eigenvalue weighted by Crippen LogP contribution is -2.57. The molecule has 1 fully saturated rings. The maximum atomic E-state index is 11.8. The van der Waals surface area contributed by atoms with E-state index in [1.165, 1.54) is 6.26 Å². The van der Waals surface area contributed by atoms with E-state index in [0.717, 1.165) is 22.3 Å². The number of hydrogen-bond acceptors (Lipinski definition) is 9. The number of rotatable bonds is 7. The van der Waals surface area contributed by atoms with Gasteiger partial charge in [-0.3, -0.25) is 9.36 Å². The van der Waals surface area contributed by atoms with Crippen LogP contribution >= 0.6 is 0 Å². The highest BCUT2D eigenvalue weighted by Gasteiger charge is 2.39. The smallest absolute Gasteiger partial charge is 0.164 e. The van der Waals surface area contributed by atoms with Gasteiger partial charge in [-0.2, -0.15) is 10.2 Å². The molecule has 2 atom stereocenters. The molecule has 4 aromatic heterocycles. The molecular weight excluding hydrogens is 466 g/mol. The van der Waals surface area contributed by atoms with Gasteiger partial charge in [-0.1, -0.05) is 0 Å². The molecule has 0 aliphatic carbocycles. The van der Waals surface area contributed by atoms with Crippen LogP contribution in [0.25, 0.3) is 22.3 Å². The van der Waals surface area contributed by atoms with Crippen LogP contribution < -0.4 is 10.2 Å². The first-order valence-corrected chi connectivity index (χ1v) is 13.6. The van der Waals surface area contributed by atoms with E-state index in [1.807, 2.05) is 30.2 Å². The summed E-state index contributed by atoms with van der Waals surface area (Å²) in [5.41, 5.74) is 1.78. The maximum absolute atomic E-state index is 11.8. The number of aryl methyl sites for hydroxylation is 1. The molecular formula is C23H29N9O2S. The quantitative estimate of drug-likeness (QED) is 0.412. The van der Waals surface area contributed by atoms with Crippen molar-refractivity contribution in [2.75, 3.05) is 28.8 Å². The Kier molecular flexibility index (Phi) is 5.70. The average molecular weight is 496 g/mol. The summed E-state index contributed by atoms with van der Waals surface area (Å²) in [6.45, 7) is 6.88. The SMILES string of the molecule is CC(C)n1nc(N2C[C@H](CS(C)(=O)=O)[C@H]2C)c2cnc(Nc3ccnc(-c4cnn(C)c4)n3)cc21. The largest absolute Gasteiger partial charge is 0.351 e. The Morgan fingerprint density at radius 2 is 2.00 bits per heavy atom. The summed E-state index contributed by atoms with van der Waals surface area (Å²) in [5.74, 6) is 2.99. The highest BCUT2D eigenvalue weighted by Crippen LogP contribution is 2.37. The van der Waals surface area contributed by atoms with Crippen LogP contribution in [0.3, 0.4) is 0 Å². The molecule has 1 saturated heterocycles. The Bertz CT molecular complexity index is 1490. The highest BCUT2D eigenvalue weighted by atomic mass is 32.2. The van der Waals surface area contributed by atoms with Gasteiger partial charge in [0.15, 0.2) is 11.6 Å². The van der Waals surface area contributed by atoms with Crippen molar-refractivity contribution in [1.29, 1.82) is 0 Å². The van der Waals surface area contributed by atoms with Crippen LogP contribution in [0.5, 0.6) is 0 Å². The van der Waals surface area contributed by atoms with E-state index >= 15 is 0 Å². The Morgan fingerprint density at radius 1 is 1.20 bits per heavy atom. The fourth-order valence-electron chi connectivity index (χ4n) is 4.47. The van der Waals surface area contributed by atoms with Gasteiger partial charge >= 0.3 is 0 Å². The molecule has 35 heavy (non-hydrogen) atoms. The summed E-state index contributed by atoms with van der Waals surface area (Å²) in [6.07, 6.45) is 8.40. The van der Waals surface area contributed by atoms with Crippen LogP contribution in [-0.4, -0.2) is 67.5 Å². The predicted molar refractivity (Wildman–Crippen MR) is 135 cm³/mol. The topological polar surface area (TPSA) is 124 Å². The molecule has 5 rings (SSSR count). The summed E-state index contributed by atoms with van der Waals surface area (Å²) in [7, 11) is -1.17. The number of nitrogens with one attached hydrogen (secondary N) is 1. The molecule has 0 spiro atoms. The van der Waals surface area contributed by atoms with Crippen molar-refractivity contribution in [3.8, 4) is 11.4 Å². The standard InChI is InChI=1S/C23H29N9O2S/c1-14(2)32-19-8-21(27-20-6-7-24-22(28-20)16-9-26-30(4)11-16)25-10-18(19)23(29-32)31-12-17(15(31)3)13-35(5,33)34/h6-11,14-15,17H,12-13H2,1-5H3,(H,24,25,27,28)/t15-,17-/m1/s1. The van der Waals surface area contributed by atoms with Crippen molar-refractivity contribution in [1.82, 2.24) is 34.5 Å². The van der Waals surface area contributed by atoms with Gasteiger partial charge in [0.1, 0.15) is 21.5 Å². The molecule has 0 aromatic carbocycles. The Morgan fingerprint density at radius 3 is 2.66 bits per heavy atom. The third-order valence-corrected chi connectivity index (χ3v) is 7.36. The first-order chi connectivity index (χ1) is 16.6. The molecule has 0 radical (unpaired) electrons. The molecule has 11 nitrogen and oxygen atoms in total. The number of fused-ring (bicyclic) bond motifs is 1. The fraction of sp³-hybridized carbons (Fsp3) is 0.435. The van der Waals surface area contributed by atoms with Gasteiger partial charge in [0.05, 0.1) is 28.4 Å². The van der Waals surface area contributed by atoms with Crippen LogP contribution in [0, 0.1) is 5.92 Å². The molecule has 1 N–H and O–H groups in total. The first-order valence-electron chi connectivity index (χ1n) is 11.5. The number of hydrogen-bond donors (Lipinski definition) is 1. The van der Waals surface area contributed by atoms with Gasteiger partial charge < -0.3 is 10.2 Å². The molecule has 1 aliphatic heterocycles. The normalized spacial score (nSPS) is 18.3. The van der Waals surface area contributed by atoms with E-state index in [2.05, 4.69) is 51.0 Å². The van der Waals surface area contributed by atoms with Gasteiger partial charge in [0, 0.05) is 62.5 Å². The van der Waals surface area contributed by atoms with Gasteiger partial charge in [-0.05, 0) is 26.8 Å². The van der Waals surface area contributed by atoms with Gasteiger partial charge in [-0.15, -0.1) is 0 Å². The van der Waals surface area contributed by atoms with Gasteiger partial charge in [0.25, 0.3) is 0 Å². The Hall–Kier alpha value is -3.54. The second-order valence-electron chi connectivity index (χ2n) is 9.49. The summed E-state index contributed by atoms with van der Waals surface area (Å²) >= 11 is 0. The number of anilines is 3. The minimum atomic E-state index is -3.02. The van der Waals surface area contributed by atoms with E-state index < -0.39 is 9.84 Å². The number of pyridine rings is 1. The number of nitrogens with zero attached hydrogens (tertiary/aromatic N) is 8. The summed E-state index contributed by atoms with van der Waals surface area (Å²) in [6, 6.07) is 3.99. The second kappa shape index (κ2) is 8.59. The van der Waals surface area contributed by atoms with Crippen LogP contribution in [0.4, 0.5) is 17.5 Å². The summed E-state index contributed by atoms with van der Waals surface area (Å²) in [5, 5.41) is 13.3. The molecule has 0 amide bonds. The lowest BCUT2D eigenvalue weighted by Gasteiger charge is -2.46. The molecule has 0 bridgehead atoms. The predicted octanol–water partition coefficient (Wildman–Crippen LogP) is 2.82. The summed E-state index contributed by atoms with van der Waals surface area (Å²) < 4.78 is 27.2. The Labute approximate surface area is 204 Å². The van der Waals surface area contributed by atoms with Crippen LogP contribution in [-0.2, 0) is 16.9 Å². The van der Waals surface area contributed by atoms with Crippen LogP contribution in [0.2, 0.25) is 0 Å². The van der Waals surface area contributed by atoms with Crippen molar-refractivity contribution in [2.45, 2.75) is 32.9 Å². The zero-order chi connectivity index (χ0) is 24.9. The van der Waals surface area contributed by atoms with Crippen molar-refractivity contribution in [2.24, 2.45) is 13.0 Å². The van der Waals surface area contributed by atoms with E-state index in [0.29, 0.717) is 24.0 Å². The van der Waals surface area contributed by atoms with Crippen molar-refractivity contribution < 1.29 is 8.42 Å². The molecule has 4 aromatic rings. The van der Waals surface area contributed by atoms with Crippen molar-refractivity contribution in [3.63, 3.8) is 0 Å². The average Bonchev–Trinajstić information content (AvgIpc) is 3.39. The molecule has 0 saturated carbocycles. The summed E-state index contributed by atoms with van der Waals surface area (Å²) in [4.78, 5) is 15.7. The second-order valence-corrected chi connectivity index (χ2v) is 11.7. The molecule has 0 unspecified atom stereocenters. The number of sulfone groups is 1. The molecule has 5 heterocycles. The highest BCUT2D eigenvalue weighted by molar-refractivity contribution is 7.90. The van der Waals surface area contributed by atoms with E-state index in [4.69, 9.17) is 5.10 Å². The van der Waals surface area contributed by atoms with E-state index in [-0.39, 0.29) is 23.8 Å². The van der Waals surface area contributed by atoms with Crippen LogP contribution in [0.15, 0.2) is 36.9 Å². The first kappa shape index (κ1) is 23.2. The Balaban J connectivity index is 1.43. The number of aromatic nitrogens is 7. The third-order valence-electron chi connectivity index (χ3n) is 6.33. The molecule has 184 valence electrons. The van der Waals surface area contributed by atoms with E-state index in [9.17, 15) is 8.42 Å². The third kappa shape index (κ3) is 4.57. The molecule has 12 heteroatoms. The monoisotopic (exact) mass is 495 g/mol. The maximum Gasteiger partial charge on any atom is 0.164 e. The van der Waals surface area contributed by atoms with E-state index in [1.54, 1.807) is 23.1 Å². The fourth-order valence-corrected chi connectivity index (χ4v) is 5.64. The van der Waals surface area contributed by atoms with Crippen molar-refractivity contribution >= 4 is 38.2 Å². The minimum Gasteiger partial charge on any atom is -0.351 e. The van der Waals surface area contributed by atoms with Crippen molar-refractivity contribution in [3.05, 3.63) is 36.9 Å². The van der Waals surface area contributed by atoms with Crippen LogP contribution in [0.1, 0.15) is 26.8 Å². The zero-order valence-corrected chi connectivity index (χ0v) is 21.2. The minimum absolute atomic E-state index is 0.0909. The lowest BCUT2D eigenvalue weighted by molar-refractivity contribution is 0.337. The van der Waals surface area contributed by atoms with Gasteiger partial charge in [0.2, 0.25) is 0 Å². The lowest BCUT2D eigenvalue weighted by atomic mass is 9.91. The van der Waals surface area contributed by atoms with Gasteiger partial charge in [-0.25, -0.2) is 23.4 Å². The molecule has 1 aliphatic rings. The zero-order valence-electron chi connectivity index (χ0n) is 20.4.